The van der Waals surface area contributed by atoms with Crippen molar-refractivity contribution in [1.29, 1.82) is 0 Å². The van der Waals surface area contributed by atoms with Crippen molar-refractivity contribution in [2.75, 3.05) is 13.2 Å². The Bertz CT molecular complexity index is 1550. The van der Waals surface area contributed by atoms with Gasteiger partial charge in [0.2, 0.25) is 5.91 Å². The van der Waals surface area contributed by atoms with E-state index in [1.54, 1.807) is 6.08 Å². The summed E-state index contributed by atoms with van der Waals surface area (Å²) in [5.41, 5.74) is 0. The Morgan fingerprint density at radius 1 is 0.382 bits per heavy atom. The molecule has 9 heteroatoms. The first-order valence-electron chi connectivity index (χ1n) is 39.4. The zero-order valence-corrected chi connectivity index (χ0v) is 59.0. The molecule has 0 aliphatic carbocycles. The maximum absolute atomic E-state index is 13.2. The van der Waals surface area contributed by atoms with Gasteiger partial charge in [-0.25, -0.2) is 0 Å². The normalized spacial score (nSPS) is 18.0. The van der Waals surface area contributed by atoms with Crippen LogP contribution in [0.15, 0.2) is 48.6 Å². The second kappa shape index (κ2) is 69.0. The lowest BCUT2D eigenvalue weighted by Gasteiger charge is -2.40. The van der Waals surface area contributed by atoms with Gasteiger partial charge in [-0.1, -0.05) is 377 Å². The fourth-order valence-corrected chi connectivity index (χ4v) is 12.7. The molecule has 0 aromatic carbocycles. The van der Waals surface area contributed by atoms with Gasteiger partial charge in [-0.3, -0.25) is 4.79 Å². The molecule has 524 valence electrons. The van der Waals surface area contributed by atoms with Crippen molar-refractivity contribution in [3.63, 3.8) is 0 Å². The van der Waals surface area contributed by atoms with Crippen LogP contribution in [-0.4, -0.2) is 87.5 Å². The first-order chi connectivity index (χ1) is 43.8. The molecule has 0 aromatic rings. The molecular formula is C80H151NO8. The van der Waals surface area contributed by atoms with Crippen LogP contribution in [0.3, 0.4) is 0 Å². The number of amides is 1. The van der Waals surface area contributed by atoms with Gasteiger partial charge in [-0.15, -0.1) is 0 Å². The average molecular weight is 1260 g/mol. The van der Waals surface area contributed by atoms with Crippen LogP contribution < -0.4 is 5.32 Å². The highest BCUT2D eigenvalue weighted by Crippen LogP contribution is 2.24. The Balaban J connectivity index is 2.06. The summed E-state index contributed by atoms with van der Waals surface area (Å²) in [5, 5.41) is 54.8. The monoisotopic (exact) mass is 1250 g/mol. The Morgan fingerprint density at radius 2 is 0.674 bits per heavy atom. The van der Waals surface area contributed by atoms with Crippen molar-refractivity contribution in [2.24, 2.45) is 0 Å². The lowest BCUT2D eigenvalue weighted by Crippen LogP contribution is -2.60. The van der Waals surface area contributed by atoms with E-state index < -0.39 is 49.5 Å². The highest BCUT2D eigenvalue weighted by molar-refractivity contribution is 5.76. The minimum Gasteiger partial charge on any atom is -0.394 e. The zero-order chi connectivity index (χ0) is 64.2. The Labute approximate surface area is 552 Å². The summed E-state index contributed by atoms with van der Waals surface area (Å²) in [7, 11) is 0. The highest BCUT2D eigenvalue weighted by Gasteiger charge is 2.44. The molecule has 1 fully saturated rings. The summed E-state index contributed by atoms with van der Waals surface area (Å²) in [6.45, 7) is 3.81. The van der Waals surface area contributed by atoms with Crippen LogP contribution in [0, 0.1) is 0 Å². The van der Waals surface area contributed by atoms with Crippen LogP contribution >= 0.6 is 0 Å². The quantitative estimate of drug-likeness (QED) is 0.0261. The Morgan fingerprint density at radius 3 is 1.01 bits per heavy atom. The number of allylic oxidation sites excluding steroid dienone is 7. The molecule has 1 aliphatic heterocycles. The first kappa shape index (κ1) is 85.2. The van der Waals surface area contributed by atoms with Crippen LogP contribution in [0.2, 0.25) is 0 Å². The molecule has 1 aliphatic rings. The van der Waals surface area contributed by atoms with E-state index in [1.807, 2.05) is 6.08 Å². The summed E-state index contributed by atoms with van der Waals surface area (Å²) in [6.07, 6.45) is 88.4. The SMILES string of the molecule is CCCCCCC/C=C\C/C=C\CCCCCCCCCCCCCCCCCCCCCCCCCCCCCC(=O)NC(COC1OC(CO)C(O)C(O)C1O)C(O)/C=C/CC/C=C/CCCCCCCCCCCCCCCCCCCCCCC. The van der Waals surface area contributed by atoms with Gasteiger partial charge in [0.15, 0.2) is 6.29 Å². The van der Waals surface area contributed by atoms with E-state index in [4.69, 9.17) is 9.47 Å². The minimum atomic E-state index is -1.57. The lowest BCUT2D eigenvalue weighted by molar-refractivity contribution is -0.302. The van der Waals surface area contributed by atoms with Gasteiger partial charge in [-0.05, 0) is 64.2 Å². The standard InChI is InChI=1S/C80H151NO8/c1-3-5-7-9-11-13-15-17-19-21-23-25-27-29-31-32-33-34-35-36-37-38-39-40-41-42-44-46-48-50-52-54-56-58-60-62-64-66-68-70-76(84)81-73(72-88-80-79(87)78(86)77(85)75(71-82)89-80)74(83)69-67-65-63-61-59-57-55-53-51-49-47-45-43-30-28-26-24-22-20-18-16-14-12-10-8-6-4-2/h15,17,21,23,59,61,67,69,73-75,77-80,82-83,85-87H,3-14,16,18-20,22,24-58,60,62-66,68,70-72H2,1-2H3,(H,81,84)/b17-15-,23-21-,61-59+,69-67+. The van der Waals surface area contributed by atoms with Crippen LogP contribution in [-0.2, 0) is 14.3 Å². The lowest BCUT2D eigenvalue weighted by atomic mass is 9.99. The van der Waals surface area contributed by atoms with Gasteiger partial charge < -0.3 is 40.3 Å². The predicted molar refractivity (Wildman–Crippen MR) is 383 cm³/mol. The van der Waals surface area contributed by atoms with Gasteiger partial charge in [0, 0.05) is 6.42 Å². The van der Waals surface area contributed by atoms with Crippen LogP contribution in [0.4, 0.5) is 0 Å². The number of aliphatic hydroxyl groups is 5. The molecule has 9 nitrogen and oxygen atoms in total. The molecule has 1 amide bonds. The summed E-state index contributed by atoms with van der Waals surface area (Å²) in [4.78, 5) is 13.2. The van der Waals surface area contributed by atoms with Crippen LogP contribution in [0.25, 0.3) is 0 Å². The number of rotatable bonds is 70. The van der Waals surface area contributed by atoms with Gasteiger partial charge in [-0.2, -0.15) is 0 Å². The first-order valence-corrected chi connectivity index (χ1v) is 39.4. The second-order valence-electron chi connectivity index (χ2n) is 27.5. The second-order valence-corrected chi connectivity index (χ2v) is 27.5. The van der Waals surface area contributed by atoms with E-state index in [9.17, 15) is 30.3 Å². The third kappa shape index (κ3) is 57.3. The van der Waals surface area contributed by atoms with E-state index in [1.165, 1.54) is 334 Å². The number of nitrogens with one attached hydrogen (secondary N) is 1. The van der Waals surface area contributed by atoms with E-state index in [-0.39, 0.29) is 12.5 Å². The molecule has 89 heavy (non-hydrogen) atoms. The fraction of sp³-hybridized carbons (Fsp3) is 0.887. The molecule has 6 N–H and O–H groups in total. The maximum Gasteiger partial charge on any atom is 0.220 e. The van der Waals surface area contributed by atoms with Gasteiger partial charge in [0.1, 0.15) is 24.4 Å². The molecule has 0 aromatic heterocycles. The van der Waals surface area contributed by atoms with Crippen molar-refractivity contribution in [3.8, 4) is 0 Å². The van der Waals surface area contributed by atoms with E-state index in [0.717, 1.165) is 44.9 Å². The Hall–Kier alpha value is -1.85. The molecule has 0 radical (unpaired) electrons. The molecule has 1 rings (SSSR count). The van der Waals surface area contributed by atoms with E-state index >= 15 is 0 Å². The Kier molecular flexibility index (Phi) is 66.0. The highest BCUT2D eigenvalue weighted by atomic mass is 16.7. The molecule has 0 saturated carbocycles. The molecule has 7 unspecified atom stereocenters. The minimum absolute atomic E-state index is 0.178. The van der Waals surface area contributed by atoms with Gasteiger partial charge >= 0.3 is 0 Å². The van der Waals surface area contributed by atoms with Gasteiger partial charge in [0.05, 0.1) is 25.4 Å². The number of aliphatic hydroxyl groups excluding tert-OH is 5. The summed E-state index contributed by atoms with van der Waals surface area (Å²) in [6, 6.07) is -0.823. The fourth-order valence-electron chi connectivity index (χ4n) is 12.7. The van der Waals surface area contributed by atoms with Crippen LogP contribution in [0.1, 0.15) is 399 Å². The van der Waals surface area contributed by atoms with Crippen molar-refractivity contribution >= 4 is 5.91 Å². The number of hydrogen-bond acceptors (Lipinski definition) is 8. The molecular weight excluding hydrogens is 1100 g/mol. The maximum atomic E-state index is 13.2. The number of carbonyl (C=O) groups is 1. The van der Waals surface area contributed by atoms with E-state index in [2.05, 4.69) is 55.6 Å². The van der Waals surface area contributed by atoms with Crippen molar-refractivity contribution in [1.82, 2.24) is 5.32 Å². The van der Waals surface area contributed by atoms with Crippen molar-refractivity contribution < 1.29 is 39.8 Å². The third-order valence-corrected chi connectivity index (χ3v) is 18.9. The summed E-state index contributed by atoms with van der Waals surface area (Å²) in [5.74, 6) is -0.178. The molecule has 0 bridgehead atoms. The van der Waals surface area contributed by atoms with Crippen LogP contribution in [0.5, 0.6) is 0 Å². The predicted octanol–water partition coefficient (Wildman–Crippen LogP) is 22.3. The number of ether oxygens (including phenoxy) is 2. The number of unbranched alkanes of at least 4 members (excludes halogenated alkanes) is 54. The average Bonchev–Trinajstić information content (AvgIpc) is 2.42. The number of hydrogen-bond donors (Lipinski definition) is 6. The van der Waals surface area contributed by atoms with Crippen molar-refractivity contribution in [3.05, 3.63) is 48.6 Å². The molecule has 1 saturated heterocycles. The smallest absolute Gasteiger partial charge is 0.220 e. The molecule has 1 heterocycles. The zero-order valence-electron chi connectivity index (χ0n) is 59.0. The summed E-state index contributed by atoms with van der Waals surface area (Å²) >= 11 is 0. The summed E-state index contributed by atoms with van der Waals surface area (Å²) < 4.78 is 11.3. The topological polar surface area (TPSA) is 149 Å². The van der Waals surface area contributed by atoms with Gasteiger partial charge in [0.25, 0.3) is 0 Å². The third-order valence-electron chi connectivity index (χ3n) is 18.9. The number of carbonyl (C=O) groups excluding carboxylic acids is 1. The largest absolute Gasteiger partial charge is 0.394 e. The van der Waals surface area contributed by atoms with E-state index in [0.29, 0.717) is 6.42 Å². The van der Waals surface area contributed by atoms with Crippen molar-refractivity contribution in [2.45, 2.75) is 442 Å². The molecule has 7 atom stereocenters. The molecule has 0 spiro atoms.